The molecule has 1 aromatic carbocycles. The van der Waals surface area contributed by atoms with E-state index in [4.69, 9.17) is 0 Å². The summed E-state index contributed by atoms with van der Waals surface area (Å²) in [5, 5.41) is 22.0. The van der Waals surface area contributed by atoms with Crippen molar-refractivity contribution in [2.24, 2.45) is 20.4 Å². The Morgan fingerprint density at radius 1 is 0.792 bits per heavy atom. The van der Waals surface area contributed by atoms with Crippen LogP contribution in [0.3, 0.4) is 0 Å². The van der Waals surface area contributed by atoms with E-state index in [9.17, 15) is 9.59 Å². The lowest BCUT2D eigenvalue weighted by molar-refractivity contribution is -0.117. The fourth-order valence-corrected chi connectivity index (χ4v) is 2.98. The fraction of sp³-hybridized carbons (Fsp3) is 0.143. The van der Waals surface area contributed by atoms with Gasteiger partial charge in [0.2, 0.25) is 11.8 Å². The van der Waals surface area contributed by atoms with E-state index in [-0.39, 0.29) is 11.8 Å². The molecule has 3 rings (SSSR count). The van der Waals surface area contributed by atoms with Crippen molar-refractivity contribution in [2.75, 3.05) is 11.5 Å². The third-order valence-corrected chi connectivity index (χ3v) is 4.55. The van der Waals surface area contributed by atoms with Crippen LogP contribution in [0.25, 0.3) is 0 Å². The lowest BCUT2D eigenvalue weighted by Crippen LogP contribution is -2.19. The minimum absolute atomic E-state index is 0.0586. The highest BCUT2D eigenvalue weighted by atomic mass is 32.2. The van der Waals surface area contributed by atoms with Gasteiger partial charge < -0.3 is 10.6 Å². The minimum Gasteiger partial charge on any atom is -0.303 e. The Labute approximate surface area is 146 Å². The van der Waals surface area contributed by atoms with Crippen LogP contribution in [0, 0.1) is 0 Å². The molecule has 2 fully saturated rings. The quantitative estimate of drug-likeness (QED) is 0.611. The first kappa shape index (κ1) is 16.4. The number of rotatable bonds is 4. The number of amidine groups is 2. The van der Waals surface area contributed by atoms with E-state index in [1.54, 1.807) is 12.4 Å². The molecule has 2 N–H and O–H groups in total. The van der Waals surface area contributed by atoms with E-state index in [1.165, 1.54) is 23.5 Å². The molecule has 2 saturated heterocycles. The van der Waals surface area contributed by atoms with Crippen LogP contribution in [0.4, 0.5) is 0 Å². The van der Waals surface area contributed by atoms with E-state index in [1.807, 2.05) is 24.3 Å². The van der Waals surface area contributed by atoms with Crippen molar-refractivity contribution in [3.63, 3.8) is 0 Å². The molecule has 0 aromatic heterocycles. The summed E-state index contributed by atoms with van der Waals surface area (Å²) in [5.74, 6) is 0.650. The Balaban J connectivity index is 1.55. The average molecular weight is 360 g/mol. The SMILES string of the molecule is O=C1CS/C(=N\N=C/c2ccc(/C=N\N=C3/NC(=O)CS3)cc2)N1. The van der Waals surface area contributed by atoms with E-state index in [0.717, 1.165) is 11.1 Å². The molecule has 1 aromatic rings. The summed E-state index contributed by atoms with van der Waals surface area (Å²) >= 11 is 2.65. The smallest absolute Gasteiger partial charge is 0.236 e. The summed E-state index contributed by atoms with van der Waals surface area (Å²) in [4.78, 5) is 22.0. The van der Waals surface area contributed by atoms with Gasteiger partial charge in [-0.1, -0.05) is 47.8 Å². The zero-order valence-corrected chi connectivity index (χ0v) is 13.9. The predicted octanol–water partition coefficient (Wildman–Crippen LogP) is 0.792. The molecule has 0 atom stereocenters. The molecule has 2 aliphatic heterocycles. The summed E-state index contributed by atoms with van der Waals surface area (Å²) in [6.45, 7) is 0. The van der Waals surface area contributed by atoms with Gasteiger partial charge in [0.25, 0.3) is 0 Å². The highest BCUT2D eigenvalue weighted by Crippen LogP contribution is 2.09. The second kappa shape index (κ2) is 7.88. The van der Waals surface area contributed by atoms with Crippen molar-refractivity contribution in [3.05, 3.63) is 35.4 Å². The fourth-order valence-electron chi connectivity index (χ4n) is 1.72. The van der Waals surface area contributed by atoms with Crippen molar-refractivity contribution in [2.45, 2.75) is 0 Å². The van der Waals surface area contributed by atoms with Crippen molar-refractivity contribution >= 4 is 58.1 Å². The van der Waals surface area contributed by atoms with E-state index in [0.29, 0.717) is 21.8 Å². The summed E-state index contributed by atoms with van der Waals surface area (Å²) in [5.41, 5.74) is 1.74. The van der Waals surface area contributed by atoms with Gasteiger partial charge in [0.05, 0.1) is 23.9 Å². The second-order valence-corrected chi connectivity index (χ2v) is 6.57. The van der Waals surface area contributed by atoms with Crippen molar-refractivity contribution in [1.29, 1.82) is 0 Å². The first-order valence-corrected chi connectivity index (χ1v) is 8.83. The van der Waals surface area contributed by atoms with Gasteiger partial charge in [-0.15, -0.1) is 10.2 Å². The number of carbonyl (C=O) groups excluding carboxylic acids is 2. The molecule has 0 saturated carbocycles. The van der Waals surface area contributed by atoms with Crippen LogP contribution in [-0.4, -0.2) is 46.1 Å². The van der Waals surface area contributed by atoms with Crippen molar-refractivity contribution in [3.8, 4) is 0 Å². The Hall–Kier alpha value is -2.46. The molecule has 8 nitrogen and oxygen atoms in total. The molecule has 2 heterocycles. The largest absolute Gasteiger partial charge is 0.303 e. The first-order chi connectivity index (χ1) is 11.7. The van der Waals surface area contributed by atoms with Gasteiger partial charge in [-0.05, 0) is 11.1 Å². The van der Waals surface area contributed by atoms with Gasteiger partial charge in [0.15, 0.2) is 10.3 Å². The van der Waals surface area contributed by atoms with E-state index in [2.05, 4.69) is 31.0 Å². The molecule has 2 aliphatic rings. The zero-order chi connectivity index (χ0) is 16.8. The Morgan fingerprint density at radius 2 is 1.21 bits per heavy atom. The van der Waals surface area contributed by atoms with Crippen LogP contribution < -0.4 is 10.6 Å². The molecule has 0 spiro atoms. The first-order valence-electron chi connectivity index (χ1n) is 6.86. The van der Waals surface area contributed by atoms with Crippen LogP contribution in [0.2, 0.25) is 0 Å². The maximum absolute atomic E-state index is 11.0. The summed E-state index contributed by atoms with van der Waals surface area (Å²) < 4.78 is 0. The van der Waals surface area contributed by atoms with Gasteiger partial charge in [-0.3, -0.25) is 9.59 Å². The van der Waals surface area contributed by atoms with Gasteiger partial charge in [-0.2, -0.15) is 10.2 Å². The van der Waals surface area contributed by atoms with E-state index < -0.39 is 0 Å². The number of benzene rings is 1. The van der Waals surface area contributed by atoms with Crippen molar-refractivity contribution in [1.82, 2.24) is 10.6 Å². The third-order valence-electron chi connectivity index (χ3n) is 2.82. The molecule has 2 amide bonds. The van der Waals surface area contributed by atoms with Gasteiger partial charge in [0, 0.05) is 0 Å². The van der Waals surface area contributed by atoms with Crippen LogP contribution in [0.1, 0.15) is 11.1 Å². The standard InChI is InChI=1S/C14H12N6O2S2/c21-11-7-23-13(17-11)19-15-5-9-1-2-10(4-3-9)6-16-20-14-18-12(22)8-24-14/h1-6H,7-8H2,(H,17,19,21)(H,18,20,22)/b15-5-,16-6-. The number of carbonyl (C=O) groups is 2. The Morgan fingerprint density at radius 3 is 1.54 bits per heavy atom. The maximum atomic E-state index is 11.0. The number of amides is 2. The number of nitrogens with zero attached hydrogens (tertiary/aromatic N) is 4. The molecule has 10 heteroatoms. The summed E-state index contributed by atoms with van der Waals surface area (Å²) in [7, 11) is 0. The summed E-state index contributed by atoms with van der Waals surface area (Å²) in [6.07, 6.45) is 3.20. The zero-order valence-electron chi connectivity index (χ0n) is 12.3. The number of hydrogen-bond donors (Lipinski definition) is 2. The number of thioether (sulfide) groups is 2. The van der Waals surface area contributed by atoms with Crippen LogP contribution in [0.5, 0.6) is 0 Å². The lowest BCUT2D eigenvalue weighted by atomic mass is 10.2. The monoisotopic (exact) mass is 360 g/mol. The third kappa shape index (κ3) is 4.77. The summed E-state index contributed by atoms with van der Waals surface area (Å²) in [6, 6.07) is 7.46. The molecule has 0 aliphatic carbocycles. The Bertz CT molecular complexity index is 705. The Kier molecular flexibility index (Phi) is 5.39. The lowest BCUT2D eigenvalue weighted by Gasteiger charge is -1.94. The van der Waals surface area contributed by atoms with E-state index >= 15 is 0 Å². The average Bonchev–Trinajstić information content (AvgIpc) is 3.17. The number of nitrogens with one attached hydrogen (secondary N) is 2. The highest BCUT2D eigenvalue weighted by molar-refractivity contribution is 8.15. The highest BCUT2D eigenvalue weighted by Gasteiger charge is 2.16. The van der Waals surface area contributed by atoms with Crippen LogP contribution in [0.15, 0.2) is 44.7 Å². The molecule has 122 valence electrons. The van der Waals surface area contributed by atoms with Crippen LogP contribution in [-0.2, 0) is 9.59 Å². The maximum Gasteiger partial charge on any atom is 0.236 e. The molecule has 0 bridgehead atoms. The molecular formula is C14H12N6O2S2. The molecule has 0 radical (unpaired) electrons. The van der Waals surface area contributed by atoms with Crippen molar-refractivity contribution < 1.29 is 9.59 Å². The topological polar surface area (TPSA) is 108 Å². The number of hydrogen-bond acceptors (Lipinski definition) is 8. The molecule has 0 unspecified atom stereocenters. The normalized spacial score (nSPS) is 21.3. The predicted molar refractivity (Wildman–Crippen MR) is 97.7 cm³/mol. The van der Waals surface area contributed by atoms with Gasteiger partial charge >= 0.3 is 0 Å². The molecule has 24 heavy (non-hydrogen) atoms. The minimum atomic E-state index is -0.0586. The van der Waals surface area contributed by atoms with Crippen LogP contribution >= 0.6 is 23.5 Å². The van der Waals surface area contributed by atoms with Gasteiger partial charge in [0.1, 0.15) is 0 Å². The molecular weight excluding hydrogens is 348 g/mol. The second-order valence-electron chi connectivity index (χ2n) is 4.64. The van der Waals surface area contributed by atoms with Gasteiger partial charge in [-0.25, -0.2) is 0 Å².